The van der Waals surface area contributed by atoms with E-state index in [9.17, 15) is 9.90 Å². The molecule has 0 aliphatic rings. The van der Waals surface area contributed by atoms with Gasteiger partial charge < -0.3 is 15.2 Å². The van der Waals surface area contributed by atoms with Crippen LogP contribution in [-0.4, -0.2) is 46.9 Å². The van der Waals surface area contributed by atoms with Gasteiger partial charge in [-0.05, 0) is 40.4 Å². The molecule has 0 aliphatic carbocycles. The van der Waals surface area contributed by atoms with Crippen LogP contribution >= 0.6 is 11.8 Å². The number of carbonyl (C=O) groups is 1. The van der Waals surface area contributed by atoms with Crippen LogP contribution in [-0.2, 0) is 9.53 Å². The van der Waals surface area contributed by atoms with E-state index >= 15 is 0 Å². The summed E-state index contributed by atoms with van der Waals surface area (Å²) >= 11 is 1.62. The molecule has 0 saturated heterocycles. The van der Waals surface area contributed by atoms with Crippen LogP contribution in [0.1, 0.15) is 47.5 Å². The van der Waals surface area contributed by atoms with Crippen LogP contribution < -0.4 is 5.32 Å². The van der Waals surface area contributed by atoms with E-state index in [1.54, 1.807) is 18.7 Å². The lowest BCUT2D eigenvalue weighted by Crippen LogP contribution is -2.44. The number of rotatable bonds is 8. The van der Waals surface area contributed by atoms with Gasteiger partial charge in [0.1, 0.15) is 11.6 Å². The summed E-state index contributed by atoms with van der Waals surface area (Å²) in [5.74, 6) is -0.252. The first kappa shape index (κ1) is 18.7. The van der Waals surface area contributed by atoms with Crippen molar-refractivity contribution >= 4 is 17.7 Å². The SMILES string of the molecule is CCC[C@@H](O)[C@@H](CN[C@@H](C)C(=O)OC(C)(C)C)SC. The van der Waals surface area contributed by atoms with E-state index < -0.39 is 5.60 Å². The molecule has 0 amide bonds. The van der Waals surface area contributed by atoms with Crippen molar-refractivity contribution < 1.29 is 14.6 Å². The highest BCUT2D eigenvalue weighted by Gasteiger charge is 2.23. The molecule has 3 atom stereocenters. The van der Waals surface area contributed by atoms with Crippen molar-refractivity contribution in [2.45, 2.75) is 70.5 Å². The second-order valence-electron chi connectivity index (χ2n) is 5.79. The van der Waals surface area contributed by atoms with Crippen LogP contribution in [0, 0.1) is 0 Å². The van der Waals surface area contributed by atoms with E-state index in [-0.39, 0.29) is 23.4 Å². The van der Waals surface area contributed by atoms with Gasteiger partial charge in [0.15, 0.2) is 0 Å². The molecule has 2 N–H and O–H groups in total. The molecule has 0 aromatic rings. The van der Waals surface area contributed by atoms with Gasteiger partial charge in [0, 0.05) is 11.8 Å². The molecular formula is C14H29NO3S. The molecule has 19 heavy (non-hydrogen) atoms. The Bertz CT molecular complexity index is 266. The molecule has 0 aromatic carbocycles. The Labute approximate surface area is 121 Å². The normalized spacial score (nSPS) is 16.8. The molecule has 0 unspecified atom stereocenters. The van der Waals surface area contributed by atoms with Gasteiger partial charge in [-0.2, -0.15) is 11.8 Å². The number of hydrogen-bond donors (Lipinski definition) is 2. The Balaban J connectivity index is 4.18. The largest absolute Gasteiger partial charge is 0.459 e. The molecule has 0 fully saturated rings. The summed E-state index contributed by atoms with van der Waals surface area (Å²) in [6.45, 7) is 10.0. The highest BCUT2D eigenvalue weighted by Crippen LogP contribution is 2.15. The highest BCUT2D eigenvalue weighted by molar-refractivity contribution is 7.99. The Morgan fingerprint density at radius 2 is 2.00 bits per heavy atom. The zero-order valence-electron chi connectivity index (χ0n) is 13.0. The molecule has 114 valence electrons. The Hall–Kier alpha value is -0.260. The quantitative estimate of drug-likeness (QED) is 0.671. The van der Waals surface area contributed by atoms with E-state index in [2.05, 4.69) is 12.2 Å². The van der Waals surface area contributed by atoms with Crippen molar-refractivity contribution in [1.82, 2.24) is 5.32 Å². The van der Waals surface area contributed by atoms with E-state index in [1.807, 2.05) is 27.0 Å². The summed E-state index contributed by atoms with van der Waals surface area (Å²) in [5.41, 5.74) is -0.465. The number of aliphatic hydroxyl groups excluding tert-OH is 1. The van der Waals surface area contributed by atoms with Crippen molar-refractivity contribution in [3.63, 3.8) is 0 Å². The molecule has 5 heteroatoms. The zero-order chi connectivity index (χ0) is 15.1. The minimum Gasteiger partial charge on any atom is -0.459 e. The molecule has 0 aliphatic heterocycles. The molecule has 0 bridgehead atoms. The van der Waals surface area contributed by atoms with Crippen LogP contribution in [0.15, 0.2) is 0 Å². The lowest BCUT2D eigenvalue weighted by atomic mass is 10.1. The van der Waals surface area contributed by atoms with Crippen molar-refractivity contribution in [3.05, 3.63) is 0 Å². The number of thioether (sulfide) groups is 1. The third-order valence-corrected chi connectivity index (χ3v) is 3.79. The maximum absolute atomic E-state index is 11.8. The van der Waals surface area contributed by atoms with Crippen LogP contribution in [0.25, 0.3) is 0 Å². The minimum atomic E-state index is -0.465. The van der Waals surface area contributed by atoms with E-state index in [0.29, 0.717) is 6.54 Å². The van der Waals surface area contributed by atoms with Crippen molar-refractivity contribution in [3.8, 4) is 0 Å². The predicted molar refractivity (Wildman–Crippen MR) is 81.5 cm³/mol. The first-order valence-electron chi connectivity index (χ1n) is 6.88. The molecule has 0 heterocycles. The lowest BCUT2D eigenvalue weighted by Gasteiger charge is -2.25. The third-order valence-electron chi connectivity index (χ3n) is 2.70. The fraction of sp³-hybridized carbons (Fsp3) is 0.929. The number of aliphatic hydroxyl groups is 1. The summed E-state index contributed by atoms with van der Waals surface area (Å²) in [6.07, 6.45) is 3.38. The van der Waals surface area contributed by atoms with Crippen LogP contribution in [0.4, 0.5) is 0 Å². The predicted octanol–water partition coefficient (Wildman–Crippen LogP) is 2.20. The fourth-order valence-electron chi connectivity index (χ4n) is 1.62. The monoisotopic (exact) mass is 291 g/mol. The highest BCUT2D eigenvalue weighted by atomic mass is 32.2. The summed E-state index contributed by atoms with van der Waals surface area (Å²) < 4.78 is 5.30. The topological polar surface area (TPSA) is 58.6 Å². The summed E-state index contributed by atoms with van der Waals surface area (Å²) in [7, 11) is 0. The number of nitrogens with one attached hydrogen (secondary N) is 1. The third kappa shape index (κ3) is 8.50. The van der Waals surface area contributed by atoms with Gasteiger partial charge in [-0.3, -0.25) is 4.79 Å². The molecule has 0 radical (unpaired) electrons. The summed E-state index contributed by atoms with van der Waals surface area (Å²) in [4.78, 5) is 11.8. The summed E-state index contributed by atoms with van der Waals surface area (Å²) in [5, 5.41) is 13.2. The van der Waals surface area contributed by atoms with Crippen molar-refractivity contribution in [1.29, 1.82) is 0 Å². The van der Waals surface area contributed by atoms with Gasteiger partial charge in [0.05, 0.1) is 6.10 Å². The van der Waals surface area contributed by atoms with Gasteiger partial charge in [-0.25, -0.2) is 0 Å². The van der Waals surface area contributed by atoms with Gasteiger partial charge >= 0.3 is 5.97 Å². The van der Waals surface area contributed by atoms with Crippen molar-refractivity contribution in [2.75, 3.05) is 12.8 Å². The maximum atomic E-state index is 11.8. The first-order valence-corrected chi connectivity index (χ1v) is 8.17. The lowest BCUT2D eigenvalue weighted by molar-refractivity contribution is -0.156. The Kier molecular flexibility index (Phi) is 8.70. The molecule has 4 nitrogen and oxygen atoms in total. The van der Waals surface area contributed by atoms with Crippen LogP contribution in [0.5, 0.6) is 0 Å². The minimum absolute atomic E-state index is 0.102. The molecule has 0 aromatic heterocycles. The zero-order valence-corrected chi connectivity index (χ0v) is 13.8. The van der Waals surface area contributed by atoms with Gasteiger partial charge in [0.25, 0.3) is 0 Å². The molecule has 0 saturated carbocycles. The van der Waals surface area contributed by atoms with E-state index in [1.165, 1.54) is 0 Å². The second kappa shape index (κ2) is 8.82. The average Bonchev–Trinajstić information content (AvgIpc) is 2.27. The standard InChI is InChI=1S/C14H29NO3S/c1-7-8-11(16)12(19-6)9-15-10(2)13(17)18-14(3,4)5/h10-12,15-16H,7-9H2,1-6H3/t10-,11+,12+/m0/s1. The van der Waals surface area contributed by atoms with Crippen LogP contribution in [0.3, 0.4) is 0 Å². The second-order valence-corrected chi connectivity index (χ2v) is 6.87. The van der Waals surface area contributed by atoms with Gasteiger partial charge in [-0.15, -0.1) is 0 Å². The summed E-state index contributed by atoms with van der Waals surface area (Å²) in [6, 6.07) is -0.359. The molecule has 0 spiro atoms. The van der Waals surface area contributed by atoms with E-state index in [0.717, 1.165) is 12.8 Å². The Morgan fingerprint density at radius 1 is 1.42 bits per heavy atom. The number of ether oxygens (including phenoxy) is 1. The smallest absolute Gasteiger partial charge is 0.323 e. The number of esters is 1. The fourth-order valence-corrected chi connectivity index (χ4v) is 2.34. The average molecular weight is 291 g/mol. The first-order chi connectivity index (χ1) is 8.71. The maximum Gasteiger partial charge on any atom is 0.323 e. The van der Waals surface area contributed by atoms with Crippen LogP contribution in [0.2, 0.25) is 0 Å². The van der Waals surface area contributed by atoms with Crippen molar-refractivity contribution in [2.24, 2.45) is 0 Å². The van der Waals surface area contributed by atoms with Gasteiger partial charge in [0.2, 0.25) is 0 Å². The number of carbonyl (C=O) groups excluding carboxylic acids is 1. The van der Waals surface area contributed by atoms with E-state index in [4.69, 9.17) is 4.74 Å². The van der Waals surface area contributed by atoms with Gasteiger partial charge in [-0.1, -0.05) is 13.3 Å². The number of hydrogen-bond acceptors (Lipinski definition) is 5. The molecular weight excluding hydrogens is 262 g/mol. The Morgan fingerprint density at radius 3 is 2.42 bits per heavy atom. The molecule has 0 rings (SSSR count).